The number of esters is 1. The maximum Gasteiger partial charge on any atom is 0.312 e. The minimum Gasteiger partial charge on any atom is -0.462 e. The minimum absolute atomic E-state index is 0.0704. The van der Waals surface area contributed by atoms with Gasteiger partial charge in [0.25, 0.3) is 0 Å². The number of aliphatic hydroxyl groups is 2. The van der Waals surface area contributed by atoms with E-state index in [9.17, 15) is 15.0 Å². The van der Waals surface area contributed by atoms with Crippen LogP contribution < -0.4 is 0 Å². The molecule has 1 spiro atoms. The quantitative estimate of drug-likeness (QED) is 0.674. The van der Waals surface area contributed by atoms with Crippen molar-refractivity contribution in [3.05, 3.63) is 0 Å². The monoisotopic (exact) mass is 410 g/mol. The van der Waals surface area contributed by atoms with Crippen LogP contribution in [0.4, 0.5) is 0 Å². The van der Waals surface area contributed by atoms with Crippen molar-refractivity contribution in [3.8, 4) is 0 Å². The highest BCUT2D eigenvalue weighted by atomic mass is 16.8. The number of fused-ring (bicyclic) bond motifs is 2. The number of aliphatic hydroxyl groups excluding tert-OH is 1. The van der Waals surface area contributed by atoms with Crippen LogP contribution in [0.3, 0.4) is 0 Å². The number of hydrogen-bond donors (Lipinski definition) is 2. The molecule has 0 amide bonds. The Labute approximate surface area is 172 Å². The first kappa shape index (κ1) is 20.2. The average Bonchev–Trinajstić information content (AvgIpc) is 3.06. The van der Waals surface area contributed by atoms with Crippen LogP contribution in [0.2, 0.25) is 0 Å². The van der Waals surface area contributed by atoms with Crippen LogP contribution in [0.1, 0.15) is 66.2 Å². The lowest BCUT2D eigenvalue weighted by atomic mass is 9.43. The van der Waals surface area contributed by atoms with Crippen molar-refractivity contribution in [2.24, 2.45) is 22.7 Å². The van der Waals surface area contributed by atoms with Gasteiger partial charge in [-0.15, -0.1) is 0 Å². The molecule has 2 saturated carbocycles. The molecule has 29 heavy (non-hydrogen) atoms. The molecule has 0 aromatic heterocycles. The minimum atomic E-state index is -1.47. The average molecular weight is 411 g/mol. The molecule has 2 aliphatic carbocycles. The summed E-state index contributed by atoms with van der Waals surface area (Å²) < 4.78 is 24.0. The largest absolute Gasteiger partial charge is 0.462 e. The Balaban J connectivity index is 1.53. The van der Waals surface area contributed by atoms with E-state index in [4.69, 9.17) is 18.9 Å². The van der Waals surface area contributed by atoms with Crippen molar-refractivity contribution in [1.82, 2.24) is 0 Å². The molecule has 5 fully saturated rings. The predicted octanol–water partition coefficient (Wildman–Crippen LogP) is 2.12. The van der Waals surface area contributed by atoms with Crippen molar-refractivity contribution in [3.63, 3.8) is 0 Å². The van der Waals surface area contributed by atoms with E-state index in [1.807, 2.05) is 6.92 Å². The lowest BCUT2D eigenvalue weighted by molar-refractivity contribution is -0.356. The summed E-state index contributed by atoms with van der Waals surface area (Å²) in [4.78, 5) is 12.8. The molecule has 7 heteroatoms. The molecule has 0 aromatic rings. The fourth-order valence-electron chi connectivity index (χ4n) is 7.79. The van der Waals surface area contributed by atoms with Gasteiger partial charge in [-0.1, -0.05) is 20.3 Å². The first-order valence-corrected chi connectivity index (χ1v) is 11.2. The molecule has 0 unspecified atom stereocenters. The molecule has 0 aromatic carbocycles. The van der Waals surface area contributed by atoms with Gasteiger partial charge in [-0.2, -0.15) is 0 Å². The number of rotatable bonds is 2. The third-order valence-corrected chi connectivity index (χ3v) is 9.19. The zero-order chi connectivity index (χ0) is 20.8. The van der Waals surface area contributed by atoms with E-state index < -0.39 is 35.3 Å². The summed E-state index contributed by atoms with van der Waals surface area (Å²) in [6, 6.07) is 0. The van der Waals surface area contributed by atoms with E-state index in [-0.39, 0.29) is 29.3 Å². The normalized spacial score (nSPS) is 58.8. The van der Waals surface area contributed by atoms with Gasteiger partial charge in [-0.25, -0.2) is 0 Å². The van der Waals surface area contributed by atoms with E-state index in [0.717, 1.165) is 25.7 Å². The van der Waals surface area contributed by atoms with Gasteiger partial charge in [0.15, 0.2) is 12.6 Å². The number of hydrogen-bond acceptors (Lipinski definition) is 7. The van der Waals surface area contributed by atoms with Crippen LogP contribution in [0.15, 0.2) is 0 Å². The van der Waals surface area contributed by atoms with Gasteiger partial charge >= 0.3 is 5.97 Å². The first-order valence-electron chi connectivity index (χ1n) is 11.2. The van der Waals surface area contributed by atoms with Gasteiger partial charge in [0.1, 0.15) is 17.8 Å². The fraction of sp³-hybridized carbons (Fsp3) is 0.955. The second-order valence-corrected chi connectivity index (χ2v) is 10.5. The summed E-state index contributed by atoms with van der Waals surface area (Å²) in [5.41, 5.74) is -2.76. The Bertz CT molecular complexity index is 713. The Morgan fingerprint density at radius 3 is 2.69 bits per heavy atom. The van der Waals surface area contributed by atoms with Gasteiger partial charge in [0, 0.05) is 17.9 Å². The van der Waals surface area contributed by atoms with Gasteiger partial charge in [-0.3, -0.25) is 4.79 Å². The predicted molar refractivity (Wildman–Crippen MR) is 102 cm³/mol. The smallest absolute Gasteiger partial charge is 0.312 e. The molecule has 3 heterocycles. The second kappa shape index (κ2) is 6.16. The number of carbonyl (C=O) groups is 1. The third-order valence-electron chi connectivity index (χ3n) is 9.19. The fourth-order valence-corrected chi connectivity index (χ4v) is 7.79. The zero-order valence-electron chi connectivity index (χ0n) is 17.8. The van der Waals surface area contributed by atoms with E-state index >= 15 is 0 Å². The van der Waals surface area contributed by atoms with E-state index in [1.165, 1.54) is 0 Å². The SMILES string of the molecule is CCO[C@@H]1O[C@@H]2O[C@]3(CC[C@]2(O)[C@H]1O)[C@H](C)C[C@H]1OC(=O)[C@@]2(C)CCC[C@@]3(C)[C@@H]12. The molecule has 5 rings (SSSR count). The van der Waals surface area contributed by atoms with Gasteiger partial charge in [0.2, 0.25) is 0 Å². The lowest BCUT2D eigenvalue weighted by Crippen LogP contribution is -2.70. The van der Waals surface area contributed by atoms with Gasteiger partial charge < -0.3 is 29.2 Å². The molecule has 0 bridgehead atoms. The lowest BCUT2D eigenvalue weighted by Gasteiger charge is -2.65. The Morgan fingerprint density at radius 2 is 1.97 bits per heavy atom. The summed E-state index contributed by atoms with van der Waals surface area (Å²) in [6.07, 6.45) is 1.45. The first-order chi connectivity index (χ1) is 13.6. The van der Waals surface area contributed by atoms with Crippen molar-refractivity contribution >= 4 is 5.97 Å². The van der Waals surface area contributed by atoms with Crippen LogP contribution in [-0.4, -0.2) is 58.8 Å². The maximum absolute atomic E-state index is 12.8. The van der Waals surface area contributed by atoms with Crippen LogP contribution in [0, 0.1) is 22.7 Å². The molecule has 2 N–H and O–H groups in total. The number of carbonyl (C=O) groups excluding carboxylic acids is 1. The van der Waals surface area contributed by atoms with E-state index in [0.29, 0.717) is 19.4 Å². The van der Waals surface area contributed by atoms with Crippen LogP contribution >= 0.6 is 0 Å². The summed E-state index contributed by atoms with van der Waals surface area (Å²) >= 11 is 0. The number of ether oxygens (including phenoxy) is 4. The Hall–Kier alpha value is -0.730. The molecule has 3 aliphatic heterocycles. The van der Waals surface area contributed by atoms with Gasteiger partial charge in [-0.05, 0) is 51.9 Å². The van der Waals surface area contributed by atoms with Crippen molar-refractivity contribution in [1.29, 1.82) is 0 Å². The Morgan fingerprint density at radius 1 is 1.21 bits per heavy atom. The zero-order valence-corrected chi connectivity index (χ0v) is 17.8. The second-order valence-electron chi connectivity index (χ2n) is 10.5. The highest BCUT2D eigenvalue weighted by Gasteiger charge is 2.75. The standard InChI is InChI=1S/C22H34O7/c1-5-26-16-15(23)21(25)9-10-22(29-18(21)28-16)12(2)11-13-14-19(3,17(24)27-13)7-6-8-20(14,22)4/h12-16,18,23,25H,5-11H2,1-4H3/t12-,13-,14+,15+,16-,18-,19+,20+,21+,22-/m1/s1. The molecular weight excluding hydrogens is 376 g/mol. The van der Waals surface area contributed by atoms with Gasteiger partial charge in [0.05, 0.1) is 11.0 Å². The van der Waals surface area contributed by atoms with Crippen molar-refractivity contribution in [2.45, 2.75) is 102 Å². The summed E-state index contributed by atoms with van der Waals surface area (Å²) in [7, 11) is 0. The molecular formula is C22H34O7. The van der Waals surface area contributed by atoms with Crippen molar-refractivity contribution < 1.29 is 34.0 Å². The van der Waals surface area contributed by atoms with E-state index in [2.05, 4.69) is 20.8 Å². The molecule has 5 aliphatic rings. The molecule has 0 radical (unpaired) electrons. The summed E-state index contributed by atoms with van der Waals surface area (Å²) in [5.74, 6) is 0.157. The molecule has 3 saturated heterocycles. The summed E-state index contributed by atoms with van der Waals surface area (Å²) in [6.45, 7) is 8.67. The van der Waals surface area contributed by atoms with E-state index in [1.54, 1.807) is 0 Å². The van der Waals surface area contributed by atoms with Crippen LogP contribution in [0.5, 0.6) is 0 Å². The molecule has 10 atom stereocenters. The highest BCUT2D eigenvalue weighted by molar-refractivity contribution is 5.80. The molecule has 7 nitrogen and oxygen atoms in total. The molecule has 164 valence electrons. The van der Waals surface area contributed by atoms with Crippen molar-refractivity contribution in [2.75, 3.05) is 6.61 Å². The highest BCUT2D eigenvalue weighted by Crippen LogP contribution is 2.69. The Kier molecular flexibility index (Phi) is 4.29. The third kappa shape index (κ3) is 2.29. The maximum atomic E-state index is 12.8. The van der Waals surface area contributed by atoms with Crippen LogP contribution in [0.25, 0.3) is 0 Å². The topological polar surface area (TPSA) is 94.5 Å². The van der Waals surface area contributed by atoms with Crippen LogP contribution in [-0.2, 0) is 23.7 Å². The summed E-state index contributed by atoms with van der Waals surface area (Å²) in [5, 5.41) is 21.9.